The number of rotatable bonds is 2. The van der Waals surface area contributed by atoms with Crippen LogP contribution in [0.4, 0.5) is 18.0 Å². The number of alkyl halides is 3. The minimum absolute atomic E-state index is 0.304. The van der Waals surface area contributed by atoms with Crippen LogP contribution in [0.1, 0.15) is 12.6 Å². The average molecular weight is 303 g/mol. The fourth-order valence-corrected chi connectivity index (χ4v) is 1.58. The van der Waals surface area contributed by atoms with Crippen molar-refractivity contribution in [3.8, 4) is 5.75 Å². The van der Waals surface area contributed by atoms with Crippen LogP contribution in [0.5, 0.6) is 5.75 Å². The fraction of sp³-hybridized carbons (Fsp3) is 0.273. The standard InChI is InChI=1S/C11H8F3N3O4/c1-10(11(12,13)14)8(18)16-7(17-10)6-5(21-9(19)20)3-2-4-15-6/h2-4H,1H3,(H,19,20)(H,16,17,18). The maximum atomic E-state index is 12.9. The molecule has 1 amide bonds. The van der Waals surface area contributed by atoms with Gasteiger partial charge in [-0.25, -0.2) is 9.78 Å². The van der Waals surface area contributed by atoms with E-state index in [0.29, 0.717) is 6.92 Å². The summed E-state index contributed by atoms with van der Waals surface area (Å²) in [7, 11) is 0. The lowest BCUT2D eigenvalue weighted by molar-refractivity contribution is -0.188. The Morgan fingerprint density at radius 2 is 2.14 bits per heavy atom. The van der Waals surface area contributed by atoms with Crippen LogP contribution >= 0.6 is 0 Å². The molecule has 21 heavy (non-hydrogen) atoms. The van der Waals surface area contributed by atoms with Crippen LogP contribution in [-0.2, 0) is 4.79 Å². The van der Waals surface area contributed by atoms with E-state index >= 15 is 0 Å². The summed E-state index contributed by atoms with van der Waals surface area (Å²) >= 11 is 0. The molecular formula is C11H8F3N3O4. The van der Waals surface area contributed by atoms with Crippen LogP contribution in [0.2, 0.25) is 0 Å². The number of halogens is 3. The van der Waals surface area contributed by atoms with Gasteiger partial charge in [0.05, 0.1) is 0 Å². The third kappa shape index (κ3) is 2.51. The van der Waals surface area contributed by atoms with E-state index in [1.54, 1.807) is 0 Å². The van der Waals surface area contributed by atoms with Gasteiger partial charge in [-0.1, -0.05) is 0 Å². The molecular weight excluding hydrogens is 295 g/mol. The Bertz CT molecular complexity index is 644. The average Bonchev–Trinajstić information content (AvgIpc) is 2.66. The zero-order chi connectivity index (χ0) is 15.8. The lowest BCUT2D eigenvalue weighted by atomic mass is 10.0. The summed E-state index contributed by atoms with van der Waals surface area (Å²) in [6.07, 6.45) is -5.35. The minimum atomic E-state index is -4.88. The number of nitrogens with zero attached hydrogens (tertiary/aromatic N) is 2. The zero-order valence-electron chi connectivity index (χ0n) is 10.4. The molecule has 1 unspecified atom stereocenters. The number of aliphatic imine (C=N–C) groups is 1. The highest BCUT2D eigenvalue weighted by molar-refractivity contribution is 6.14. The van der Waals surface area contributed by atoms with E-state index in [1.165, 1.54) is 18.3 Å². The van der Waals surface area contributed by atoms with Crippen LogP contribution < -0.4 is 10.1 Å². The van der Waals surface area contributed by atoms with Crippen LogP contribution in [0.3, 0.4) is 0 Å². The number of amidine groups is 1. The third-order valence-corrected chi connectivity index (χ3v) is 2.77. The first-order valence-corrected chi connectivity index (χ1v) is 5.49. The second-order valence-corrected chi connectivity index (χ2v) is 4.23. The first kappa shape index (κ1) is 14.8. The van der Waals surface area contributed by atoms with Gasteiger partial charge in [-0.15, -0.1) is 0 Å². The summed E-state index contributed by atoms with van der Waals surface area (Å²) in [5, 5.41) is 10.5. The second-order valence-electron chi connectivity index (χ2n) is 4.23. The summed E-state index contributed by atoms with van der Waals surface area (Å²) in [4.78, 5) is 29.0. The second kappa shape index (κ2) is 4.72. The molecule has 0 fully saturated rings. The number of pyridine rings is 1. The van der Waals surface area contributed by atoms with Crippen molar-refractivity contribution in [3.05, 3.63) is 24.0 Å². The molecule has 10 heteroatoms. The maximum absolute atomic E-state index is 12.9. The van der Waals surface area contributed by atoms with Crippen LogP contribution in [0.25, 0.3) is 0 Å². The molecule has 1 atom stereocenters. The molecule has 112 valence electrons. The molecule has 0 saturated carbocycles. The number of nitrogens with one attached hydrogen (secondary N) is 1. The number of carbonyl (C=O) groups excluding carboxylic acids is 1. The van der Waals surface area contributed by atoms with E-state index < -0.39 is 29.6 Å². The number of carboxylic acid groups (broad SMARTS) is 1. The van der Waals surface area contributed by atoms with E-state index in [-0.39, 0.29) is 11.4 Å². The van der Waals surface area contributed by atoms with Gasteiger partial charge in [0.25, 0.3) is 5.91 Å². The molecule has 1 aliphatic heterocycles. The first-order chi connectivity index (χ1) is 9.65. The number of ether oxygens (including phenoxy) is 1. The molecule has 0 spiro atoms. The highest BCUT2D eigenvalue weighted by atomic mass is 19.4. The van der Waals surface area contributed by atoms with Gasteiger partial charge < -0.3 is 15.2 Å². The number of amides is 1. The van der Waals surface area contributed by atoms with Crippen LogP contribution in [0, 0.1) is 0 Å². The van der Waals surface area contributed by atoms with E-state index in [9.17, 15) is 22.8 Å². The monoisotopic (exact) mass is 303 g/mol. The van der Waals surface area contributed by atoms with Crippen LogP contribution in [-0.4, -0.2) is 39.7 Å². The van der Waals surface area contributed by atoms with E-state index in [1.807, 2.05) is 5.32 Å². The molecule has 2 rings (SSSR count). The molecule has 0 aliphatic carbocycles. The van der Waals surface area contributed by atoms with Gasteiger partial charge in [-0.05, 0) is 19.1 Å². The molecule has 7 nitrogen and oxygen atoms in total. The summed E-state index contributed by atoms with van der Waals surface area (Å²) < 4.78 is 43.1. The number of hydrogen-bond acceptors (Lipinski definition) is 5. The van der Waals surface area contributed by atoms with Crippen molar-refractivity contribution in [2.75, 3.05) is 0 Å². The number of aromatic nitrogens is 1. The van der Waals surface area contributed by atoms with Crippen molar-refractivity contribution in [1.29, 1.82) is 0 Å². The van der Waals surface area contributed by atoms with Crippen molar-refractivity contribution < 1.29 is 32.6 Å². The Balaban J connectivity index is 2.40. The highest BCUT2D eigenvalue weighted by Gasteiger charge is 2.60. The predicted molar refractivity (Wildman–Crippen MR) is 62.0 cm³/mol. The molecule has 1 aromatic rings. The molecule has 1 aromatic heterocycles. The quantitative estimate of drug-likeness (QED) is 0.799. The first-order valence-electron chi connectivity index (χ1n) is 5.49. The van der Waals surface area contributed by atoms with Crippen molar-refractivity contribution in [2.45, 2.75) is 18.6 Å². The Labute approximate surface area is 115 Å². The fourth-order valence-electron chi connectivity index (χ4n) is 1.58. The summed E-state index contributed by atoms with van der Waals surface area (Å²) in [6.45, 7) is 0.631. The van der Waals surface area contributed by atoms with Gasteiger partial charge in [0.1, 0.15) is 5.69 Å². The Morgan fingerprint density at radius 3 is 2.67 bits per heavy atom. The Morgan fingerprint density at radius 1 is 1.48 bits per heavy atom. The SMILES string of the molecule is CC1(C(F)(F)F)NC(c2ncccc2OC(=O)O)=NC1=O. The molecule has 0 saturated heterocycles. The molecule has 2 heterocycles. The zero-order valence-corrected chi connectivity index (χ0v) is 10.4. The molecule has 1 aliphatic rings. The number of carbonyl (C=O) groups is 2. The van der Waals surface area contributed by atoms with Gasteiger partial charge in [-0.3, -0.25) is 4.79 Å². The van der Waals surface area contributed by atoms with Crippen molar-refractivity contribution in [2.24, 2.45) is 4.99 Å². The van der Waals surface area contributed by atoms with Crippen molar-refractivity contribution in [1.82, 2.24) is 10.3 Å². The highest BCUT2D eigenvalue weighted by Crippen LogP contribution is 2.34. The molecule has 0 bridgehead atoms. The lowest BCUT2D eigenvalue weighted by Crippen LogP contribution is -2.57. The van der Waals surface area contributed by atoms with Crippen LogP contribution in [0.15, 0.2) is 23.3 Å². The van der Waals surface area contributed by atoms with Crippen molar-refractivity contribution in [3.63, 3.8) is 0 Å². The van der Waals surface area contributed by atoms with Gasteiger partial charge >= 0.3 is 12.3 Å². The molecule has 0 aromatic carbocycles. The van der Waals surface area contributed by atoms with Gasteiger partial charge in [0.15, 0.2) is 11.6 Å². The summed E-state index contributed by atoms with van der Waals surface area (Å²) in [6, 6.07) is 2.50. The molecule has 2 N–H and O–H groups in total. The molecule has 0 radical (unpaired) electrons. The lowest BCUT2D eigenvalue weighted by Gasteiger charge is -2.25. The minimum Gasteiger partial charge on any atom is -0.449 e. The van der Waals surface area contributed by atoms with Gasteiger partial charge in [0, 0.05) is 6.20 Å². The third-order valence-electron chi connectivity index (χ3n) is 2.77. The largest absolute Gasteiger partial charge is 0.511 e. The van der Waals surface area contributed by atoms with Gasteiger partial charge in [0.2, 0.25) is 5.54 Å². The predicted octanol–water partition coefficient (Wildman–Crippen LogP) is 1.34. The van der Waals surface area contributed by atoms with E-state index in [4.69, 9.17) is 5.11 Å². The van der Waals surface area contributed by atoms with E-state index in [0.717, 1.165) is 0 Å². The van der Waals surface area contributed by atoms with Gasteiger partial charge in [-0.2, -0.15) is 18.2 Å². The number of hydrogen-bond donors (Lipinski definition) is 2. The Hall–Kier alpha value is -2.65. The normalized spacial score (nSPS) is 21.7. The smallest absolute Gasteiger partial charge is 0.449 e. The van der Waals surface area contributed by atoms with Crippen molar-refractivity contribution >= 4 is 17.9 Å². The summed E-state index contributed by atoms with van der Waals surface area (Å²) in [5.41, 5.74) is -3.19. The summed E-state index contributed by atoms with van der Waals surface area (Å²) in [5.74, 6) is -2.29. The maximum Gasteiger partial charge on any atom is 0.511 e. The Kier molecular flexibility index (Phi) is 3.32. The van der Waals surface area contributed by atoms with E-state index in [2.05, 4.69) is 14.7 Å². The topological polar surface area (TPSA) is 101 Å².